The van der Waals surface area contributed by atoms with E-state index in [-0.39, 0.29) is 23.3 Å². The van der Waals surface area contributed by atoms with Crippen LogP contribution in [0.1, 0.15) is 57.8 Å². The molecule has 2 aromatic rings. The summed E-state index contributed by atoms with van der Waals surface area (Å²) < 4.78 is 2.83. The van der Waals surface area contributed by atoms with E-state index in [1.807, 2.05) is 52.3 Å². The first-order valence-corrected chi connectivity index (χ1v) is 12.0. The number of amides is 2. The van der Waals surface area contributed by atoms with Crippen molar-refractivity contribution in [1.82, 2.24) is 19.9 Å². The third kappa shape index (κ3) is 5.30. The van der Waals surface area contributed by atoms with Crippen LogP contribution < -0.4 is 10.0 Å². The number of nitrogens with one attached hydrogen (secondary N) is 2. The Morgan fingerprint density at radius 2 is 1.94 bits per heavy atom. The Morgan fingerprint density at radius 1 is 1.26 bits per heavy atom. The van der Waals surface area contributed by atoms with Gasteiger partial charge in [0.1, 0.15) is 12.1 Å². The molecule has 3 unspecified atom stereocenters. The summed E-state index contributed by atoms with van der Waals surface area (Å²) in [6.07, 6.45) is 1.50. The number of thiazole rings is 1. The van der Waals surface area contributed by atoms with Crippen LogP contribution >= 0.6 is 24.2 Å². The highest BCUT2D eigenvalue weighted by Gasteiger charge is 2.40. The predicted molar refractivity (Wildman–Crippen MR) is 129 cm³/mol. The molecule has 0 radical (unpaired) electrons. The molecule has 2 amide bonds. The molecule has 1 fully saturated rings. The summed E-state index contributed by atoms with van der Waals surface area (Å²) in [6, 6.07) is 7.16. The van der Waals surface area contributed by atoms with Crippen molar-refractivity contribution in [3.8, 4) is 10.4 Å². The molecule has 0 aliphatic carbocycles. The lowest BCUT2D eigenvalue weighted by molar-refractivity contribution is -0.141. The first-order chi connectivity index (χ1) is 14.6. The summed E-state index contributed by atoms with van der Waals surface area (Å²) in [5, 5.41) is 3.10. The molecule has 3 rings (SSSR count). The molecule has 8 heteroatoms. The van der Waals surface area contributed by atoms with Crippen molar-refractivity contribution in [3.05, 3.63) is 41.0 Å². The number of aryl methyl sites for hydroxylation is 1. The third-order valence-corrected chi connectivity index (χ3v) is 7.09. The van der Waals surface area contributed by atoms with Crippen LogP contribution in [0.25, 0.3) is 10.4 Å². The van der Waals surface area contributed by atoms with Crippen LogP contribution in [0, 0.1) is 12.3 Å². The number of aromatic nitrogens is 1. The first-order valence-electron chi connectivity index (χ1n) is 10.6. The minimum Gasteiger partial charge on any atom is -0.348 e. The van der Waals surface area contributed by atoms with Gasteiger partial charge in [0.05, 0.1) is 22.1 Å². The van der Waals surface area contributed by atoms with E-state index in [2.05, 4.69) is 40.0 Å². The van der Waals surface area contributed by atoms with E-state index in [0.717, 1.165) is 28.1 Å². The van der Waals surface area contributed by atoms with Crippen LogP contribution in [0.3, 0.4) is 0 Å². The fourth-order valence-electron chi connectivity index (χ4n) is 3.98. The normalized spacial score (nSPS) is 18.6. The van der Waals surface area contributed by atoms with E-state index in [9.17, 15) is 9.59 Å². The largest absolute Gasteiger partial charge is 0.348 e. The number of rotatable bonds is 6. The second-order valence-corrected chi connectivity index (χ2v) is 10.3. The van der Waals surface area contributed by atoms with Gasteiger partial charge >= 0.3 is 0 Å². The van der Waals surface area contributed by atoms with Gasteiger partial charge in [-0.1, -0.05) is 57.9 Å². The number of hydrogen-bond donors (Lipinski definition) is 3. The Hall–Kier alpha value is -1.90. The summed E-state index contributed by atoms with van der Waals surface area (Å²) >= 11 is 5.79. The van der Waals surface area contributed by atoms with E-state index in [4.69, 9.17) is 0 Å². The second-order valence-electron chi connectivity index (χ2n) is 9.24. The number of carbonyl (C=O) groups excluding carboxylic acids is 2. The molecule has 0 saturated carbocycles. The average molecular weight is 461 g/mol. The highest BCUT2D eigenvalue weighted by atomic mass is 32.1. The molecule has 2 heterocycles. The predicted octanol–water partition coefficient (Wildman–Crippen LogP) is 4.14. The summed E-state index contributed by atoms with van der Waals surface area (Å²) in [5.41, 5.74) is 4.73. The highest BCUT2D eigenvalue weighted by molar-refractivity contribution is 7.78. The van der Waals surface area contributed by atoms with Gasteiger partial charge in [0, 0.05) is 6.54 Å². The molecule has 6 nitrogen and oxygen atoms in total. The smallest absolute Gasteiger partial charge is 0.243 e. The van der Waals surface area contributed by atoms with Crippen LogP contribution in [0.4, 0.5) is 0 Å². The van der Waals surface area contributed by atoms with Crippen molar-refractivity contribution in [3.63, 3.8) is 0 Å². The average Bonchev–Trinajstić information content (AvgIpc) is 3.36. The fourth-order valence-corrected chi connectivity index (χ4v) is 5.29. The molecule has 1 saturated heterocycles. The maximum atomic E-state index is 13.1. The van der Waals surface area contributed by atoms with Crippen LogP contribution in [0.15, 0.2) is 29.8 Å². The quantitative estimate of drug-likeness (QED) is 0.567. The number of nitrogens with zero attached hydrogens (tertiary/aromatic N) is 2. The Bertz CT molecular complexity index is 920. The summed E-state index contributed by atoms with van der Waals surface area (Å²) in [5.74, 6) is -0.176. The monoisotopic (exact) mass is 460 g/mol. The summed E-state index contributed by atoms with van der Waals surface area (Å²) in [6.45, 7) is 10.5. The molecule has 0 bridgehead atoms. The van der Waals surface area contributed by atoms with Crippen molar-refractivity contribution in [2.45, 2.75) is 65.6 Å². The van der Waals surface area contributed by atoms with Gasteiger partial charge in [0.2, 0.25) is 11.8 Å². The molecule has 2 N–H and O–H groups in total. The van der Waals surface area contributed by atoms with Crippen molar-refractivity contribution < 1.29 is 9.59 Å². The SMILES string of the molecule is Cc1ncsc1-c1ccc(C(C)NC(=O)C2CCCN2C(=O)C(NS)C(C)(C)C)cc1. The molecule has 1 aromatic carbocycles. The van der Waals surface area contributed by atoms with Gasteiger partial charge in [0.15, 0.2) is 0 Å². The Kier molecular flexibility index (Phi) is 7.44. The van der Waals surface area contributed by atoms with E-state index >= 15 is 0 Å². The van der Waals surface area contributed by atoms with Crippen molar-refractivity contribution in [1.29, 1.82) is 0 Å². The zero-order chi connectivity index (χ0) is 22.8. The van der Waals surface area contributed by atoms with Gasteiger partial charge in [0.25, 0.3) is 0 Å². The summed E-state index contributed by atoms with van der Waals surface area (Å²) in [7, 11) is 0. The summed E-state index contributed by atoms with van der Waals surface area (Å²) in [4.78, 5) is 33.3. The number of carbonyl (C=O) groups is 2. The molecule has 168 valence electrons. The lowest BCUT2D eigenvalue weighted by atomic mass is 9.86. The van der Waals surface area contributed by atoms with Gasteiger partial charge in [-0.15, -0.1) is 11.3 Å². The molecule has 1 aliphatic rings. The van der Waals surface area contributed by atoms with Gasteiger partial charge in [-0.25, -0.2) is 4.98 Å². The molecule has 1 aromatic heterocycles. The lowest BCUT2D eigenvalue weighted by Gasteiger charge is -2.34. The number of hydrogen-bond acceptors (Lipinski definition) is 6. The molecule has 0 spiro atoms. The lowest BCUT2D eigenvalue weighted by Crippen LogP contribution is -2.55. The third-order valence-electron chi connectivity index (χ3n) is 5.86. The van der Waals surface area contributed by atoms with Gasteiger partial charge in [-0.2, -0.15) is 0 Å². The van der Waals surface area contributed by atoms with Crippen molar-refractivity contribution in [2.24, 2.45) is 5.41 Å². The zero-order valence-electron chi connectivity index (χ0n) is 18.8. The van der Waals surface area contributed by atoms with E-state index < -0.39 is 12.1 Å². The minimum absolute atomic E-state index is 0.0721. The van der Waals surface area contributed by atoms with Crippen LogP contribution in [0.2, 0.25) is 0 Å². The van der Waals surface area contributed by atoms with Crippen LogP contribution in [0.5, 0.6) is 0 Å². The van der Waals surface area contributed by atoms with Crippen LogP contribution in [-0.4, -0.2) is 40.3 Å². The number of likely N-dealkylation sites (tertiary alicyclic amines) is 1. The second kappa shape index (κ2) is 9.71. The van der Waals surface area contributed by atoms with Gasteiger partial charge in [-0.3, -0.25) is 14.3 Å². The van der Waals surface area contributed by atoms with Gasteiger partial charge in [-0.05, 0) is 43.2 Å². The molecule has 3 atom stereocenters. The number of thiol groups is 1. The molecular weight excluding hydrogens is 428 g/mol. The minimum atomic E-state index is -0.454. The van der Waals surface area contributed by atoms with Gasteiger partial charge < -0.3 is 10.2 Å². The Balaban J connectivity index is 1.67. The number of benzene rings is 1. The van der Waals surface area contributed by atoms with E-state index in [1.54, 1.807) is 16.2 Å². The van der Waals surface area contributed by atoms with Crippen LogP contribution in [-0.2, 0) is 9.59 Å². The maximum Gasteiger partial charge on any atom is 0.243 e. The van der Waals surface area contributed by atoms with E-state index in [0.29, 0.717) is 13.0 Å². The first kappa shape index (κ1) is 23.8. The molecule has 31 heavy (non-hydrogen) atoms. The zero-order valence-corrected chi connectivity index (χ0v) is 20.5. The fraction of sp³-hybridized carbons (Fsp3) is 0.522. The highest BCUT2D eigenvalue weighted by Crippen LogP contribution is 2.29. The van der Waals surface area contributed by atoms with Crippen molar-refractivity contribution >= 4 is 36.0 Å². The Labute approximate surface area is 194 Å². The molecular formula is C23H32N4O2S2. The van der Waals surface area contributed by atoms with E-state index in [1.165, 1.54) is 0 Å². The standard InChI is InChI=1S/C23H32N4O2S2/c1-14(16-8-10-17(11-9-16)19-15(2)24-13-31-19)25-21(28)18-7-6-12-27(18)22(29)20(26-30)23(3,4)5/h8-11,13-14,18,20,26,30H,6-7,12H2,1-5H3,(H,25,28). The Morgan fingerprint density at radius 3 is 2.48 bits per heavy atom. The van der Waals surface area contributed by atoms with Crippen molar-refractivity contribution in [2.75, 3.05) is 6.54 Å². The maximum absolute atomic E-state index is 13.1. The topological polar surface area (TPSA) is 74.3 Å². The molecule has 1 aliphatic heterocycles.